The molecule has 3 N–H and O–H groups in total. The zero-order valence-electron chi connectivity index (χ0n) is 24.5. The number of aliphatic hydroxyl groups is 1. The van der Waals surface area contributed by atoms with Crippen LogP contribution in [-0.2, 0) is 32.1 Å². The van der Waals surface area contributed by atoms with Gasteiger partial charge < -0.3 is 39.1 Å². The fourth-order valence-corrected chi connectivity index (χ4v) is 4.88. The normalized spacial score (nSPS) is 13.8. The van der Waals surface area contributed by atoms with E-state index in [1.165, 1.54) is 6.07 Å². The predicted molar refractivity (Wildman–Crippen MR) is 161 cm³/mol. The van der Waals surface area contributed by atoms with E-state index in [9.17, 15) is 19.5 Å². The second kappa shape index (κ2) is 13.6. The van der Waals surface area contributed by atoms with Crippen LogP contribution in [0.1, 0.15) is 36.6 Å². The lowest BCUT2D eigenvalue weighted by atomic mass is 10.0. The number of fused-ring (bicyclic) bond motifs is 2. The third-order valence-electron chi connectivity index (χ3n) is 7.02. The maximum absolute atomic E-state index is 12.6. The summed E-state index contributed by atoms with van der Waals surface area (Å²) in [7, 11) is 0. The van der Waals surface area contributed by atoms with Crippen molar-refractivity contribution in [1.29, 1.82) is 0 Å². The van der Waals surface area contributed by atoms with Gasteiger partial charge in [0, 0.05) is 18.0 Å². The van der Waals surface area contributed by atoms with Gasteiger partial charge in [0.2, 0.25) is 5.56 Å². The Labute approximate surface area is 253 Å². The van der Waals surface area contributed by atoms with Crippen molar-refractivity contribution in [3.8, 4) is 17.2 Å². The fraction of sp³-hybridized carbons (Fsp3) is 0.303. The van der Waals surface area contributed by atoms with Crippen LogP contribution in [0.5, 0.6) is 17.2 Å². The highest BCUT2D eigenvalue weighted by Crippen LogP contribution is 2.41. The SMILES string of the molecule is CCOC(=O)C1(C(=O)OCC)Oc2ccc(CCNCC(O)c3ccc(OCc4ccccc4)c4[nH]c(=O)ccc34)cc2O1. The number of rotatable bonds is 13. The second-order valence-electron chi connectivity index (χ2n) is 10.1. The lowest BCUT2D eigenvalue weighted by Gasteiger charge is -2.22. The summed E-state index contributed by atoms with van der Waals surface area (Å²) < 4.78 is 27.4. The molecule has 1 aromatic heterocycles. The number of nitrogens with one attached hydrogen (secondary N) is 2. The Hall–Kier alpha value is -4.87. The molecule has 1 atom stereocenters. The molecule has 5 rings (SSSR count). The minimum absolute atomic E-state index is 0.0335. The van der Waals surface area contributed by atoms with Gasteiger partial charge in [-0.2, -0.15) is 0 Å². The molecule has 0 amide bonds. The quantitative estimate of drug-likeness (QED) is 0.118. The Morgan fingerprint density at radius 1 is 0.909 bits per heavy atom. The summed E-state index contributed by atoms with van der Waals surface area (Å²) in [6.07, 6.45) is -0.312. The number of aliphatic hydroxyl groups excluding tert-OH is 1. The van der Waals surface area contributed by atoms with Crippen molar-refractivity contribution >= 4 is 22.8 Å². The summed E-state index contributed by atoms with van der Waals surface area (Å²) in [4.78, 5) is 40.2. The van der Waals surface area contributed by atoms with E-state index in [0.29, 0.717) is 41.8 Å². The number of carbonyl (C=O) groups is 2. The summed E-state index contributed by atoms with van der Waals surface area (Å²) in [6, 6.07) is 21.5. The van der Waals surface area contributed by atoms with Gasteiger partial charge in [0.05, 0.1) is 24.8 Å². The highest BCUT2D eigenvalue weighted by Gasteiger charge is 2.59. The van der Waals surface area contributed by atoms with Gasteiger partial charge in [-0.15, -0.1) is 0 Å². The van der Waals surface area contributed by atoms with E-state index in [2.05, 4.69) is 10.3 Å². The Morgan fingerprint density at radius 3 is 2.36 bits per heavy atom. The number of pyridine rings is 1. The van der Waals surface area contributed by atoms with Crippen molar-refractivity contribution in [3.63, 3.8) is 0 Å². The zero-order valence-corrected chi connectivity index (χ0v) is 24.5. The number of esters is 2. The van der Waals surface area contributed by atoms with Gasteiger partial charge in [0.1, 0.15) is 12.4 Å². The summed E-state index contributed by atoms with van der Waals surface area (Å²) in [5, 5.41) is 15.0. The van der Waals surface area contributed by atoms with E-state index in [1.54, 1.807) is 50.2 Å². The van der Waals surface area contributed by atoms with Crippen LogP contribution in [0.2, 0.25) is 0 Å². The highest BCUT2D eigenvalue weighted by atomic mass is 16.8. The molecule has 11 nitrogen and oxygen atoms in total. The maximum Gasteiger partial charge on any atom is 0.453 e. The molecule has 0 fully saturated rings. The van der Waals surface area contributed by atoms with Gasteiger partial charge in [0.25, 0.3) is 0 Å². The van der Waals surface area contributed by atoms with E-state index in [-0.39, 0.29) is 36.8 Å². The minimum Gasteiger partial charge on any atom is -0.487 e. The van der Waals surface area contributed by atoms with Crippen LogP contribution in [0.4, 0.5) is 0 Å². The zero-order chi connectivity index (χ0) is 31.1. The summed E-state index contributed by atoms with van der Waals surface area (Å²) in [5.74, 6) is -3.36. The number of benzene rings is 3. The molecule has 11 heteroatoms. The van der Waals surface area contributed by atoms with Crippen LogP contribution in [0.3, 0.4) is 0 Å². The van der Waals surface area contributed by atoms with Crippen LogP contribution in [-0.4, -0.2) is 54.1 Å². The lowest BCUT2D eigenvalue weighted by Crippen LogP contribution is -2.55. The summed E-state index contributed by atoms with van der Waals surface area (Å²) in [5.41, 5.74) is 2.74. The predicted octanol–water partition coefficient (Wildman–Crippen LogP) is 3.57. The fourth-order valence-electron chi connectivity index (χ4n) is 4.88. The smallest absolute Gasteiger partial charge is 0.453 e. The molecule has 0 saturated carbocycles. The van der Waals surface area contributed by atoms with Crippen LogP contribution in [0.15, 0.2) is 77.6 Å². The number of H-pyrrole nitrogens is 1. The molecule has 2 heterocycles. The van der Waals surface area contributed by atoms with Crippen molar-refractivity contribution in [1.82, 2.24) is 10.3 Å². The van der Waals surface area contributed by atoms with Crippen LogP contribution < -0.4 is 25.1 Å². The van der Waals surface area contributed by atoms with E-state index < -0.39 is 23.8 Å². The molecule has 3 aromatic carbocycles. The highest BCUT2D eigenvalue weighted by molar-refractivity contribution is 6.03. The molecule has 0 saturated heterocycles. The van der Waals surface area contributed by atoms with Gasteiger partial charge in [-0.05, 0) is 67.8 Å². The van der Waals surface area contributed by atoms with Gasteiger partial charge in [0.15, 0.2) is 11.5 Å². The molecule has 1 aliphatic heterocycles. The molecular weight excluding hydrogens is 568 g/mol. The Balaban J connectivity index is 1.21. The van der Waals surface area contributed by atoms with Crippen LogP contribution in [0, 0.1) is 0 Å². The Kier molecular flexibility index (Phi) is 9.47. The standard InChI is InChI=1S/C33H34N2O9/c1-3-40-31(38)33(32(39)41-4-2)43-26-13-10-21(18-28(26)44-33)16-17-34-19-25(36)23-11-14-27(30-24(23)12-15-29(37)35-30)42-20-22-8-6-5-7-9-22/h5-15,18,25,34,36H,3-4,16-17,19-20H2,1-2H3,(H,35,37). The van der Waals surface area contributed by atoms with Gasteiger partial charge in [-0.1, -0.05) is 42.5 Å². The molecule has 44 heavy (non-hydrogen) atoms. The first kappa shape index (κ1) is 30.6. The molecule has 4 aromatic rings. The first-order chi connectivity index (χ1) is 21.3. The summed E-state index contributed by atoms with van der Waals surface area (Å²) >= 11 is 0. The average Bonchev–Trinajstić information content (AvgIpc) is 3.43. The first-order valence-electron chi connectivity index (χ1n) is 14.4. The molecule has 1 unspecified atom stereocenters. The maximum atomic E-state index is 12.6. The van der Waals surface area contributed by atoms with Gasteiger partial charge in [-0.3, -0.25) is 4.79 Å². The number of hydrogen-bond donors (Lipinski definition) is 3. The average molecular weight is 603 g/mol. The second-order valence-corrected chi connectivity index (χ2v) is 10.1. The van der Waals surface area contributed by atoms with E-state index >= 15 is 0 Å². The third-order valence-corrected chi connectivity index (χ3v) is 7.02. The Bertz CT molecular complexity index is 1670. The van der Waals surface area contributed by atoms with Gasteiger partial charge >= 0.3 is 17.7 Å². The number of ether oxygens (including phenoxy) is 5. The van der Waals surface area contributed by atoms with Gasteiger partial charge in [-0.25, -0.2) is 9.59 Å². The van der Waals surface area contributed by atoms with Crippen LogP contribution >= 0.6 is 0 Å². The first-order valence-corrected chi connectivity index (χ1v) is 14.4. The number of hydrogen-bond acceptors (Lipinski definition) is 10. The molecule has 0 spiro atoms. The largest absolute Gasteiger partial charge is 0.487 e. The topological polar surface area (TPSA) is 145 Å². The van der Waals surface area contributed by atoms with E-state index in [0.717, 1.165) is 11.1 Å². The monoisotopic (exact) mass is 602 g/mol. The molecular formula is C33H34N2O9. The molecule has 0 radical (unpaired) electrons. The van der Waals surface area contributed by atoms with E-state index in [4.69, 9.17) is 23.7 Å². The third kappa shape index (κ3) is 6.53. The van der Waals surface area contributed by atoms with Crippen molar-refractivity contribution < 1.29 is 38.4 Å². The summed E-state index contributed by atoms with van der Waals surface area (Å²) in [6.45, 7) is 4.38. The Morgan fingerprint density at radius 2 is 1.64 bits per heavy atom. The lowest BCUT2D eigenvalue weighted by molar-refractivity contribution is -0.202. The molecule has 230 valence electrons. The van der Waals surface area contributed by atoms with Crippen molar-refractivity contribution in [2.75, 3.05) is 26.3 Å². The number of aromatic amines is 1. The molecule has 1 aliphatic rings. The van der Waals surface area contributed by atoms with Crippen molar-refractivity contribution in [2.24, 2.45) is 0 Å². The van der Waals surface area contributed by atoms with Crippen molar-refractivity contribution in [3.05, 3.63) is 99.8 Å². The molecule has 0 bridgehead atoms. The van der Waals surface area contributed by atoms with E-state index in [1.807, 2.05) is 30.3 Å². The van der Waals surface area contributed by atoms with Crippen molar-refractivity contribution in [2.45, 2.75) is 38.8 Å². The van der Waals surface area contributed by atoms with Crippen LogP contribution in [0.25, 0.3) is 10.9 Å². The number of aromatic nitrogens is 1. The number of carbonyl (C=O) groups excluding carboxylic acids is 2. The minimum atomic E-state index is -2.34. The molecule has 0 aliphatic carbocycles.